The third kappa shape index (κ3) is 5.36. The van der Waals surface area contributed by atoms with Gasteiger partial charge in [-0.25, -0.2) is 0 Å². The van der Waals surface area contributed by atoms with Crippen LogP contribution in [0.5, 0.6) is 0 Å². The van der Waals surface area contributed by atoms with Gasteiger partial charge in [-0.05, 0) is 30.8 Å². The lowest BCUT2D eigenvalue weighted by Crippen LogP contribution is -2.47. The van der Waals surface area contributed by atoms with E-state index in [1.54, 1.807) is 7.11 Å². The van der Waals surface area contributed by atoms with Gasteiger partial charge in [0.1, 0.15) is 0 Å². The van der Waals surface area contributed by atoms with E-state index in [1.165, 1.54) is 13.0 Å². The van der Waals surface area contributed by atoms with Gasteiger partial charge in [-0.1, -0.05) is 27.7 Å². The quantitative estimate of drug-likeness (QED) is 0.816. The van der Waals surface area contributed by atoms with E-state index in [2.05, 4.69) is 37.9 Å². The Hall–Kier alpha value is -0.120. The number of hydrogen-bond acceptors (Lipinski definition) is 3. The maximum Gasteiger partial charge on any atom is 0.0500 e. The fourth-order valence-corrected chi connectivity index (χ4v) is 2.52. The van der Waals surface area contributed by atoms with Crippen LogP contribution < -0.4 is 5.32 Å². The van der Waals surface area contributed by atoms with Gasteiger partial charge in [0, 0.05) is 32.8 Å². The fraction of sp³-hybridized carbons (Fsp3) is 1.00. The highest BCUT2D eigenvalue weighted by molar-refractivity contribution is 4.86. The van der Waals surface area contributed by atoms with Gasteiger partial charge >= 0.3 is 0 Å². The first kappa shape index (κ1) is 14.9. The minimum atomic E-state index is 0.340. The van der Waals surface area contributed by atoms with Crippen molar-refractivity contribution < 1.29 is 4.74 Å². The summed E-state index contributed by atoms with van der Waals surface area (Å²) in [5.74, 6) is 0.624. The Morgan fingerprint density at radius 1 is 1.41 bits per heavy atom. The molecule has 0 amide bonds. The molecule has 0 spiro atoms. The maximum absolute atomic E-state index is 5.23. The summed E-state index contributed by atoms with van der Waals surface area (Å²) in [7, 11) is 1.79. The van der Waals surface area contributed by atoms with Crippen molar-refractivity contribution in [2.24, 2.45) is 11.3 Å². The Bertz CT molecular complexity index is 213. The number of methoxy groups -OCH3 is 1. The molecule has 1 fully saturated rings. The average molecular weight is 242 g/mol. The van der Waals surface area contributed by atoms with E-state index >= 15 is 0 Å². The average Bonchev–Trinajstić information content (AvgIpc) is 2.42. The molecule has 1 rings (SSSR count). The molecule has 2 unspecified atom stereocenters. The summed E-state index contributed by atoms with van der Waals surface area (Å²) in [6.07, 6.45) is 1.26. The van der Waals surface area contributed by atoms with Gasteiger partial charge in [0.2, 0.25) is 0 Å². The van der Waals surface area contributed by atoms with Crippen LogP contribution in [0.15, 0.2) is 0 Å². The number of nitrogens with one attached hydrogen (secondary N) is 1. The maximum atomic E-state index is 5.23. The summed E-state index contributed by atoms with van der Waals surface area (Å²) in [6, 6.07) is 0.597. The van der Waals surface area contributed by atoms with Crippen LogP contribution >= 0.6 is 0 Å². The van der Waals surface area contributed by atoms with Crippen LogP contribution in [0.4, 0.5) is 0 Å². The zero-order chi connectivity index (χ0) is 12.9. The molecule has 1 aliphatic rings. The standard InChI is InChI=1S/C14H30N2O/c1-12(11-17-5)9-16-8-6-7-15-13(10-16)14(2,3)4/h12-13,15H,6-11H2,1-5H3. The van der Waals surface area contributed by atoms with Crippen molar-refractivity contribution in [3.05, 3.63) is 0 Å². The Kier molecular flexibility index (Phi) is 5.90. The van der Waals surface area contributed by atoms with Crippen LogP contribution in [0.25, 0.3) is 0 Å². The largest absolute Gasteiger partial charge is 0.384 e. The molecule has 102 valence electrons. The minimum Gasteiger partial charge on any atom is -0.384 e. The Labute approximate surface area is 107 Å². The zero-order valence-corrected chi connectivity index (χ0v) is 12.3. The number of hydrogen-bond donors (Lipinski definition) is 1. The summed E-state index contributed by atoms with van der Waals surface area (Å²) >= 11 is 0. The van der Waals surface area contributed by atoms with Crippen LogP contribution in [0.2, 0.25) is 0 Å². The molecule has 3 nitrogen and oxygen atoms in total. The van der Waals surface area contributed by atoms with Gasteiger partial charge in [0.25, 0.3) is 0 Å². The second-order valence-corrected chi connectivity index (χ2v) is 6.55. The molecular weight excluding hydrogens is 212 g/mol. The molecule has 0 radical (unpaired) electrons. The van der Waals surface area contributed by atoms with Crippen molar-refractivity contribution in [2.75, 3.05) is 39.9 Å². The predicted molar refractivity (Wildman–Crippen MR) is 73.3 cm³/mol. The highest BCUT2D eigenvalue weighted by Gasteiger charge is 2.28. The van der Waals surface area contributed by atoms with Crippen LogP contribution in [0.1, 0.15) is 34.1 Å². The van der Waals surface area contributed by atoms with Gasteiger partial charge in [-0.2, -0.15) is 0 Å². The topological polar surface area (TPSA) is 24.5 Å². The first-order valence-electron chi connectivity index (χ1n) is 6.88. The van der Waals surface area contributed by atoms with Crippen LogP contribution in [-0.4, -0.2) is 50.8 Å². The normalized spacial score (nSPS) is 25.6. The van der Waals surface area contributed by atoms with E-state index in [1.807, 2.05) is 0 Å². The molecule has 0 aromatic carbocycles. The van der Waals surface area contributed by atoms with Crippen molar-refractivity contribution in [3.63, 3.8) is 0 Å². The first-order valence-corrected chi connectivity index (χ1v) is 6.88. The summed E-state index contributed by atoms with van der Waals surface area (Å²) in [4.78, 5) is 2.60. The van der Waals surface area contributed by atoms with Crippen LogP contribution in [0.3, 0.4) is 0 Å². The Morgan fingerprint density at radius 3 is 2.71 bits per heavy atom. The molecule has 1 aliphatic heterocycles. The third-order valence-electron chi connectivity index (χ3n) is 3.55. The lowest BCUT2D eigenvalue weighted by atomic mass is 9.86. The molecule has 0 bridgehead atoms. The van der Waals surface area contributed by atoms with E-state index in [0.717, 1.165) is 26.2 Å². The molecule has 3 heteroatoms. The fourth-order valence-electron chi connectivity index (χ4n) is 2.52. The third-order valence-corrected chi connectivity index (χ3v) is 3.55. The molecule has 0 aromatic rings. The molecule has 1 saturated heterocycles. The summed E-state index contributed by atoms with van der Waals surface area (Å²) in [6.45, 7) is 14.8. The Morgan fingerprint density at radius 2 is 2.12 bits per heavy atom. The highest BCUT2D eigenvalue weighted by atomic mass is 16.5. The number of nitrogens with zero attached hydrogens (tertiary/aromatic N) is 1. The molecule has 1 N–H and O–H groups in total. The van der Waals surface area contributed by atoms with Crippen LogP contribution in [0, 0.1) is 11.3 Å². The van der Waals surface area contributed by atoms with Gasteiger partial charge in [-0.15, -0.1) is 0 Å². The summed E-state index contributed by atoms with van der Waals surface area (Å²) in [5.41, 5.74) is 0.340. The second-order valence-electron chi connectivity index (χ2n) is 6.55. The Balaban J connectivity index is 2.48. The van der Waals surface area contributed by atoms with E-state index in [-0.39, 0.29) is 0 Å². The molecule has 0 aliphatic carbocycles. The molecule has 1 heterocycles. The van der Waals surface area contributed by atoms with Crippen molar-refractivity contribution in [1.82, 2.24) is 10.2 Å². The van der Waals surface area contributed by atoms with Gasteiger partial charge in [0.15, 0.2) is 0 Å². The van der Waals surface area contributed by atoms with Crippen molar-refractivity contribution in [3.8, 4) is 0 Å². The van der Waals surface area contributed by atoms with Crippen molar-refractivity contribution in [1.29, 1.82) is 0 Å². The summed E-state index contributed by atoms with van der Waals surface area (Å²) < 4.78 is 5.23. The first-order chi connectivity index (χ1) is 7.93. The van der Waals surface area contributed by atoms with E-state index in [4.69, 9.17) is 4.74 Å². The molecule has 0 saturated carbocycles. The zero-order valence-electron chi connectivity index (χ0n) is 12.3. The molecule has 0 aromatic heterocycles. The molecule has 17 heavy (non-hydrogen) atoms. The number of ether oxygens (including phenoxy) is 1. The minimum absolute atomic E-state index is 0.340. The second kappa shape index (κ2) is 6.72. The highest BCUT2D eigenvalue weighted by Crippen LogP contribution is 2.22. The lowest BCUT2D eigenvalue weighted by Gasteiger charge is -2.34. The monoisotopic (exact) mass is 242 g/mol. The summed E-state index contributed by atoms with van der Waals surface area (Å²) in [5, 5.41) is 3.68. The van der Waals surface area contributed by atoms with E-state index in [0.29, 0.717) is 17.4 Å². The predicted octanol–water partition coefficient (Wildman–Crippen LogP) is 1.98. The van der Waals surface area contributed by atoms with Gasteiger partial charge in [-0.3, -0.25) is 0 Å². The lowest BCUT2D eigenvalue weighted by molar-refractivity contribution is 0.120. The van der Waals surface area contributed by atoms with Crippen LogP contribution in [-0.2, 0) is 4.74 Å². The smallest absolute Gasteiger partial charge is 0.0500 e. The SMILES string of the molecule is COCC(C)CN1CCCNC(C(C)(C)C)C1. The van der Waals surface area contributed by atoms with Gasteiger partial charge < -0.3 is 15.0 Å². The van der Waals surface area contributed by atoms with E-state index in [9.17, 15) is 0 Å². The van der Waals surface area contributed by atoms with Crippen molar-refractivity contribution >= 4 is 0 Å². The number of rotatable bonds is 4. The molecular formula is C14H30N2O. The van der Waals surface area contributed by atoms with Gasteiger partial charge in [0.05, 0.1) is 0 Å². The van der Waals surface area contributed by atoms with E-state index < -0.39 is 0 Å². The van der Waals surface area contributed by atoms with Crippen molar-refractivity contribution in [2.45, 2.75) is 40.2 Å². The molecule has 2 atom stereocenters.